The van der Waals surface area contributed by atoms with Crippen LogP contribution in [0.4, 0.5) is 0 Å². The summed E-state index contributed by atoms with van der Waals surface area (Å²) >= 11 is 0. The molecule has 0 aliphatic rings. The van der Waals surface area contributed by atoms with Gasteiger partial charge in [-0.15, -0.1) is 0 Å². The maximum absolute atomic E-state index is 12.2. The molecule has 0 radical (unpaired) electrons. The zero-order valence-corrected chi connectivity index (χ0v) is 11.8. The maximum Gasteiger partial charge on any atom is 0.251 e. The number of hydrogen-bond acceptors (Lipinski definition) is 2. The Labute approximate surface area is 119 Å². The number of amides is 1. The van der Waals surface area contributed by atoms with E-state index >= 15 is 0 Å². The van der Waals surface area contributed by atoms with E-state index in [9.17, 15) is 4.79 Å². The van der Waals surface area contributed by atoms with Crippen LogP contribution in [0.25, 0.3) is 0 Å². The van der Waals surface area contributed by atoms with Crippen molar-refractivity contribution in [1.29, 1.82) is 0 Å². The van der Waals surface area contributed by atoms with Gasteiger partial charge in [0.25, 0.3) is 5.91 Å². The van der Waals surface area contributed by atoms with E-state index in [2.05, 4.69) is 5.32 Å². The van der Waals surface area contributed by atoms with E-state index in [1.807, 2.05) is 61.5 Å². The Kier molecular flexibility index (Phi) is 4.91. The van der Waals surface area contributed by atoms with E-state index in [0.29, 0.717) is 12.2 Å². The van der Waals surface area contributed by atoms with Gasteiger partial charge in [-0.2, -0.15) is 0 Å². The maximum atomic E-state index is 12.2. The third-order valence-corrected chi connectivity index (χ3v) is 3.17. The minimum Gasteiger partial charge on any atom is -0.380 e. The fourth-order valence-electron chi connectivity index (χ4n) is 2.02. The van der Waals surface area contributed by atoms with Gasteiger partial charge in [-0.3, -0.25) is 4.79 Å². The van der Waals surface area contributed by atoms with Gasteiger partial charge in [0.05, 0.1) is 12.6 Å². The van der Waals surface area contributed by atoms with E-state index in [-0.39, 0.29) is 11.9 Å². The summed E-state index contributed by atoms with van der Waals surface area (Å²) in [5, 5.41) is 2.99. The minimum atomic E-state index is -0.0645. The number of hydrogen-bond donors (Lipinski definition) is 1. The molecule has 1 atom stereocenters. The van der Waals surface area contributed by atoms with E-state index in [4.69, 9.17) is 4.74 Å². The van der Waals surface area contributed by atoms with Gasteiger partial charge in [0.15, 0.2) is 0 Å². The first-order valence-corrected chi connectivity index (χ1v) is 6.64. The summed E-state index contributed by atoms with van der Waals surface area (Å²) in [6, 6.07) is 17.4. The lowest BCUT2D eigenvalue weighted by Gasteiger charge is -2.14. The van der Waals surface area contributed by atoms with Gasteiger partial charge in [0.1, 0.15) is 0 Å². The van der Waals surface area contributed by atoms with Crippen LogP contribution in [0.1, 0.15) is 34.5 Å². The average molecular weight is 269 g/mol. The third kappa shape index (κ3) is 3.68. The number of methoxy groups -OCH3 is 1. The molecule has 0 heterocycles. The zero-order valence-electron chi connectivity index (χ0n) is 11.8. The second-order valence-electron chi connectivity index (χ2n) is 4.74. The predicted molar refractivity (Wildman–Crippen MR) is 79.5 cm³/mol. The number of ether oxygens (including phenoxy) is 1. The van der Waals surface area contributed by atoms with Crippen molar-refractivity contribution in [2.24, 2.45) is 0 Å². The SMILES string of the molecule is COCc1ccc(C(=O)NC(C)c2ccccc2)cc1. The Hall–Kier alpha value is -2.13. The molecule has 3 nitrogen and oxygen atoms in total. The Morgan fingerprint density at radius 3 is 2.35 bits per heavy atom. The molecule has 0 aromatic heterocycles. The summed E-state index contributed by atoms with van der Waals surface area (Å²) in [4.78, 5) is 12.2. The van der Waals surface area contributed by atoms with Crippen molar-refractivity contribution in [1.82, 2.24) is 5.32 Å². The van der Waals surface area contributed by atoms with E-state index < -0.39 is 0 Å². The molecule has 0 aliphatic heterocycles. The van der Waals surface area contributed by atoms with E-state index in [1.165, 1.54) is 0 Å². The zero-order chi connectivity index (χ0) is 14.4. The quantitative estimate of drug-likeness (QED) is 0.904. The van der Waals surface area contributed by atoms with Gasteiger partial charge in [-0.1, -0.05) is 42.5 Å². The predicted octanol–water partition coefficient (Wildman–Crippen LogP) is 3.32. The summed E-state index contributed by atoms with van der Waals surface area (Å²) in [5.74, 6) is -0.0645. The lowest BCUT2D eigenvalue weighted by Crippen LogP contribution is -2.26. The Bertz CT molecular complexity index is 549. The van der Waals surface area contributed by atoms with Crippen molar-refractivity contribution < 1.29 is 9.53 Å². The van der Waals surface area contributed by atoms with Crippen LogP contribution in [0.3, 0.4) is 0 Å². The van der Waals surface area contributed by atoms with Crippen LogP contribution in [0.2, 0.25) is 0 Å². The molecular formula is C17H19NO2. The molecule has 2 aromatic rings. The first kappa shape index (κ1) is 14.3. The highest BCUT2D eigenvalue weighted by atomic mass is 16.5. The molecule has 1 amide bonds. The van der Waals surface area contributed by atoms with Crippen molar-refractivity contribution in [2.45, 2.75) is 19.6 Å². The summed E-state index contributed by atoms with van der Waals surface area (Å²) in [6.45, 7) is 2.54. The highest BCUT2D eigenvalue weighted by Crippen LogP contribution is 2.13. The fraction of sp³-hybridized carbons (Fsp3) is 0.235. The second kappa shape index (κ2) is 6.87. The molecule has 3 heteroatoms. The van der Waals surface area contributed by atoms with Crippen LogP contribution in [0, 0.1) is 0 Å². The van der Waals surface area contributed by atoms with E-state index in [0.717, 1.165) is 11.1 Å². The number of benzene rings is 2. The smallest absolute Gasteiger partial charge is 0.251 e. The fourth-order valence-corrected chi connectivity index (χ4v) is 2.02. The second-order valence-corrected chi connectivity index (χ2v) is 4.74. The first-order chi connectivity index (χ1) is 9.70. The molecule has 20 heavy (non-hydrogen) atoms. The van der Waals surface area contributed by atoms with E-state index in [1.54, 1.807) is 7.11 Å². The molecule has 2 rings (SSSR count). The highest BCUT2D eigenvalue weighted by molar-refractivity contribution is 5.94. The lowest BCUT2D eigenvalue weighted by molar-refractivity contribution is 0.0940. The van der Waals surface area contributed by atoms with Gasteiger partial charge < -0.3 is 10.1 Å². The Balaban J connectivity index is 2.01. The standard InChI is InChI=1S/C17H19NO2/c1-13(15-6-4-3-5-7-15)18-17(19)16-10-8-14(9-11-16)12-20-2/h3-11,13H,12H2,1-2H3,(H,18,19). The normalized spacial score (nSPS) is 11.9. The molecule has 104 valence electrons. The summed E-state index contributed by atoms with van der Waals surface area (Å²) in [5.41, 5.74) is 2.81. The Morgan fingerprint density at radius 1 is 1.10 bits per heavy atom. The van der Waals surface area contributed by atoms with Gasteiger partial charge in [-0.05, 0) is 30.2 Å². The third-order valence-electron chi connectivity index (χ3n) is 3.17. The number of rotatable bonds is 5. The molecule has 2 aromatic carbocycles. The molecule has 0 spiro atoms. The van der Waals surface area contributed by atoms with Crippen molar-refractivity contribution >= 4 is 5.91 Å². The van der Waals surface area contributed by atoms with Gasteiger partial charge in [0.2, 0.25) is 0 Å². The highest BCUT2D eigenvalue weighted by Gasteiger charge is 2.10. The largest absolute Gasteiger partial charge is 0.380 e. The summed E-state index contributed by atoms with van der Waals surface area (Å²) in [6.07, 6.45) is 0. The molecule has 1 N–H and O–H groups in total. The van der Waals surface area contributed by atoms with Gasteiger partial charge in [-0.25, -0.2) is 0 Å². The summed E-state index contributed by atoms with van der Waals surface area (Å²) < 4.78 is 5.05. The van der Waals surface area contributed by atoms with Gasteiger partial charge >= 0.3 is 0 Å². The number of carbonyl (C=O) groups is 1. The van der Waals surface area contributed by atoms with Crippen LogP contribution in [-0.4, -0.2) is 13.0 Å². The van der Waals surface area contributed by atoms with Gasteiger partial charge in [0, 0.05) is 12.7 Å². The minimum absolute atomic E-state index is 0.0117. The van der Waals surface area contributed by atoms with Crippen molar-refractivity contribution in [3.05, 3.63) is 71.3 Å². The summed E-state index contributed by atoms with van der Waals surface area (Å²) in [7, 11) is 1.65. The van der Waals surface area contributed by atoms with Crippen LogP contribution < -0.4 is 5.32 Å². The molecule has 0 aliphatic carbocycles. The molecule has 0 fully saturated rings. The molecular weight excluding hydrogens is 250 g/mol. The number of nitrogens with one attached hydrogen (secondary N) is 1. The molecule has 0 saturated heterocycles. The van der Waals surface area contributed by atoms with Crippen LogP contribution >= 0.6 is 0 Å². The first-order valence-electron chi connectivity index (χ1n) is 6.64. The number of carbonyl (C=O) groups excluding carboxylic acids is 1. The molecule has 0 bridgehead atoms. The van der Waals surface area contributed by atoms with Crippen LogP contribution in [0.15, 0.2) is 54.6 Å². The average Bonchev–Trinajstić information content (AvgIpc) is 2.49. The topological polar surface area (TPSA) is 38.3 Å². The Morgan fingerprint density at radius 2 is 1.75 bits per heavy atom. The van der Waals surface area contributed by atoms with Crippen LogP contribution in [0.5, 0.6) is 0 Å². The van der Waals surface area contributed by atoms with Crippen molar-refractivity contribution in [3.63, 3.8) is 0 Å². The molecule has 1 unspecified atom stereocenters. The van der Waals surface area contributed by atoms with Crippen molar-refractivity contribution in [2.75, 3.05) is 7.11 Å². The van der Waals surface area contributed by atoms with Crippen LogP contribution in [-0.2, 0) is 11.3 Å². The van der Waals surface area contributed by atoms with Crippen molar-refractivity contribution in [3.8, 4) is 0 Å². The monoisotopic (exact) mass is 269 g/mol. The lowest BCUT2D eigenvalue weighted by atomic mass is 10.1. The molecule has 0 saturated carbocycles.